The highest BCUT2D eigenvalue weighted by Crippen LogP contribution is 2.14. The van der Waals surface area contributed by atoms with Crippen LogP contribution in [0.3, 0.4) is 0 Å². The highest BCUT2D eigenvalue weighted by atomic mass is 35.5. The second-order valence-corrected chi connectivity index (χ2v) is 4.33. The minimum Gasteiger partial charge on any atom is -0.379 e. The summed E-state index contributed by atoms with van der Waals surface area (Å²) in [5, 5.41) is 0. The van der Waals surface area contributed by atoms with Gasteiger partial charge in [-0.3, -0.25) is 4.90 Å². The Hall–Kier alpha value is 0.210. The molecule has 0 aliphatic carbocycles. The molecule has 0 aromatic rings. The zero-order chi connectivity index (χ0) is 10.2. The lowest BCUT2D eigenvalue weighted by Gasteiger charge is -2.30. The number of unbranched alkanes of at least 4 members (excludes halogenated alkanes) is 1. The van der Waals surface area contributed by atoms with Gasteiger partial charge in [0.15, 0.2) is 0 Å². The molecule has 0 bridgehead atoms. The summed E-state index contributed by atoms with van der Waals surface area (Å²) in [6, 6.07) is 0. The molecule has 0 aromatic heterocycles. The second-order valence-electron chi connectivity index (χ2n) is 4.33. The first kappa shape index (κ1) is 15.2. The van der Waals surface area contributed by atoms with Crippen molar-refractivity contribution in [2.45, 2.75) is 39.5 Å². The van der Waals surface area contributed by atoms with Gasteiger partial charge in [-0.15, -0.1) is 12.4 Å². The van der Waals surface area contributed by atoms with Crippen molar-refractivity contribution in [1.82, 2.24) is 4.90 Å². The minimum absolute atomic E-state index is 0. The summed E-state index contributed by atoms with van der Waals surface area (Å²) >= 11 is 0. The van der Waals surface area contributed by atoms with Gasteiger partial charge < -0.3 is 4.74 Å². The van der Waals surface area contributed by atoms with E-state index in [2.05, 4.69) is 18.7 Å². The highest BCUT2D eigenvalue weighted by Gasteiger charge is 2.14. The van der Waals surface area contributed by atoms with E-state index < -0.39 is 0 Å². The molecule has 1 unspecified atom stereocenters. The smallest absolute Gasteiger partial charge is 0.0594 e. The molecular formula is C12H26ClNO. The molecule has 1 atom stereocenters. The largest absolute Gasteiger partial charge is 0.379 e. The van der Waals surface area contributed by atoms with Gasteiger partial charge in [0, 0.05) is 19.6 Å². The Morgan fingerprint density at radius 2 is 1.87 bits per heavy atom. The zero-order valence-electron chi connectivity index (χ0n) is 10.2. The van der Waals surface area contributed by atoms with Gasteiger partial charge in [0.25, 0.3) is 0 Å². The standard InChI is InChI=1S/C12H25NO.ClH/c1-3-5-6-12(4-2)11-13-7-9-14-10-8-13;/h12H,3-11H2,1-2H3;1H. The van der Waals surface area contributed by atoms with Crippen LogP contribution in [0, 0.1) is 5.92 Å². The van der Waals surface area contributed by atoms with Crippen molar-refractivity contribution >= 4 is 12.4 Å². The molecule has 0 radical (unpaired) electrons. The molecule has 1 heterocycles. The van der Waals surface area contributed by atoms with Crippen molar-refractivity contribution < 1.29 is 4.74 Å². The highest BCUT2D eigenvalue weighted by molar-refractivity contribution is 5.85. The van der Waals surface area contributed by atoms with E-state index in [0.29, 0.717) is 0 Å². The van der Waals surface area contributed by atoms with E-state index in [0.717, 1.165) is 32.2 Å². The van der Waals surface area contributed by atoms with E-state index in [9.17, 15) is 0 Å². The fourth-order valence-corrected chi connectivity index (χ4v) is 2.07. The van der Waals surface area contributed by atoms with Gasteiger partial charge >= 0.3 is 0 Å². The van der Waals surface area contributed by atoms with Crippen LogP contribution in [0.4, 0.5) is 0 Å². The Bertz CT molecular complexity index is 138. The Kier molecular flexibility index (Phi) is 9.57. The zero-order valence-corrected chi connectivity index (χ0v) is 11.0. The fraction of sp³-hybridized carbons (Fsp3) is 1.00. The molecule has 15 heavy (non-hydrogen) atoms. The van der Waals surface area contributed by atoms with Crippen LogP contribution >= 0.6 is 12.4 Å². The molecular weight excluding hydrogens is 210 g/mol. The molecule has 0 spiro atoms. The first-order chi connectivity index (χ1) is 6.86. The summed E-state index contributed by atoms with van der Waals surface area (Å²) in [5.41, 5.74) is 0. The summed E-state index contributed by atoms with van der Waals surface area (Å²) in [5.74, 6) is 0.910. The van der Waals surface area contributed by atoms with Crippen molar-refractivity contribution in [3.8, 4) is 0 Å². The fourth-order valence-electron chi connectivity index (χ4n) is 2.07. The van der Waals surface area contributed by atoms with Gasteiger partial charge in [-0.25, -0.2) is 0 Å². The van der Waals surface area contributed by atoms with Gasteiger partial charge in [0.2, 0.25) is 0 Å². The first-order valence-corrected chi connectivity index (χ1v) is 6.16. The van der Waals surface area contributed by atoms with Gasteiger partial charge in [0.1, 0.15) is 0 Å². The van der Waals surface area contributed by atoms with Gasteiger partial charge in [-0.1, -0.05) is 33.1 Å². The van der Waals surface area contributed by atoms with E-state index in [1.54, 1.807) is 0 Å². The van der Waals surface area contributed by atoms with Crippen LogP contribution in [0.25, 0.3) is 0 Å². The predicted molar refractivity (Wildman–Crippen MR) is 67.8 cm³/mol. The maximum atomic E-state index is 5.35. The minimum atomic E-state index is 0. The second kappa shape index (κ2) is 9.44. The number of hydrogen-bond acceptors (Lipinski definition) is 2. The Labute approximate surface area is 101 Å². The van der Waals surface area contributed by atoms with Gasteiger partial charge in [-0.05, 0) is 12.3 Å². The first-order valence-electron chi connectivity index (χ1n) is 6.16. The number of nitrogens with zero attached hydrogens (tertiary/aromatic N) is 1. The maximum absolute atomic E-state index is 5.35. The van der Waals surface area contributed by atoms with E-state index in [-0.39, 0.29) is 12.4 Å². The molecule has 0 amide bonds. The van der Waals surface area contributed by atoms with Crippen molar-refractivity contribution in [2.75, 3.05) is 32.8 Å². The lowest BCUT2D eigenvalue weighted by molar-refractivity contribution is 0.0296. The SMILES string of the molecule is CCCCC(CC)CN1CCOCC1.Cl. The molecule has 1 saturated heterocycles. The summed E-state index contributed by atoms with van der Waals surface area (Å²) < 4.78 is 5.35. The van der Waals surface area contributed by atoms with Crippen LogP contribution in [-0.2, 0) is 4.74 Å². The number of hydrogen-bond donors (Lipinski definition) is 0. The quantitative estimate of drug-likeness (QED) is 0.702. The molecule has 0 N–H and O–H groups in total. The van der Waals surface area contributed by atoms with Gasteiger partial charge in [-0.2, -0.15) is 0 Å². The summed E-state index contributed by atoms with van der Waals surface area (Å²) in [6.45, 7) is 10.0. The summed E-state index contributed by atoms with van der Waals surface area (Å²) in [6.07, 6.45) is 5.46. The van der Waals surface area contributed by atoms with Crippen molar-refractivity contribution in [1.29, 1.82) is 0 Å². The molecule has 0 saturated carbocycles. The van der Waals surface area contributed by atoms with Crippen LogP contribution in [0.5, 0.6) is 0 Å². The van der Waals surface area contributed by atoms with E-state index >= 15 is 0 Å². The van der Waals surface area contributed by atoms with Crippen LogP contribution in [0.2, 0.25) is 0 Å². The molecule has 1 aliphatic heterocycles. The molecule has 0 aromatic carbocycles. The molecule has 3 heteroatoms. The van der Waals surface area contributed by atoms with Crippen molar-refractivity contribution in [2.24, 2.45) is 5.92 Å². The normalized spacial score (nSPS) is 19.6. The third-order valence-electron chi connectivity index (χ3n) is 3.16. The summed E-state index contributed by atoms with van der Waals surface area (Å²) in [4.78, 5) is 2.56. The van der Waals surface area contributed by atoms with Crippen LogP contribution < -0.4 is 0 Å². The number of morpholine rings is 1. The lowest BCUT2D eigenvalue weighted by atomic mass is 9.98. The summed E-state index contributed by atoms with van der Waals surface area (Å²) in [7, 11) is 0. The average Bonchev–Trinajstić information content (AvgIpc) is 2.25. The topological polar surface area (TPSA) is 12.5 Å². The molecule has 92 valence electrons. The third kappa shape index (κ3) is 6.39. The van der Waals surface area contributed by atoms with Gasteiger partial charge in [0.05, 0.1) is 13.2 Å². The van der Waals surface area contributed by atoms with E-state index in [1.807, 2.05) is 0 Å². The number of ether oxygens (including phenoxy) is 1. The van der Waals surface area contributed by atoms with Crippen molar-refractivity contribution in [3.63, 3.8) is 0 Å². The predicted octanol–water partition coefficient (Wildman–Crippen LogP) is 2.96. The Balaban J connectivity index is 0.00000196. The molecule has 1 rings (SSSR count). The maximum Gasteiger partial charge on any atom is 0.0594 e. The number of rotatable bonds is 6. The lowest BCUT2D eigenvalue weighted by Crippen LogP contribution is -2.39. The Morgan fingerprint density at radius 3 is 2.40 bits per heavy atom. The van der Waals surface area contributed by atoms with Crippen LogP contribution in [0.15, 0.2) is 0 Å². The van der Waals surface area contributed by atoms with Crippen molar-refractivity contribution in [3.05, 3.63) is 0 Å². The molecule has 1 fully saturated rings. The average molecular weight is 236 g/mol. The third-order valence-corrected chi connectivity index (χ3v) is 3.16. The molecule has 2 nitrogen and oxygen atoms in total. The Morgan fingerprint density at radius 1 is 1.20 bits per heavy atom. The van der Waals surface area contributed by atoms with E-state index in [4.69, 9.17) is 4.74 Å². The monoisotopic (exact) mass is 235 g/mol. The molecule has 1 aliphatic rings. The van der Waals surface area contributed by atoms with Crippen LogP contribution in [-0.4, -0.2) is 37.7 Å². The van der Waals surface area contributed by atoms with E-state index in [1.165, 1.54) is 32.2 Å². The van der Waals surface area contributed by atoms with Crippen LogP contribution in [0.1, 0.15) is 39.5 Å². The number of halogens is 1.